The Bertz CT molecular complexity index is 317. The summed E-state index contributed by atoms with van der Waals surface area (Å²) < 4.78 is 4.76. The maximum atomic E-state index is 11.2. The van der Waals surface area contributed by atoms with Crippen LogP contribution in [0.2, 0.25) is 0 Å². The van der Waals surface area contributed by atoms with Crippen LogP contribution in [0.15, 0.2) is 4.52 Å². The minimum atomic E-state index is 0.0995. The minimum absolute atomic E-state index is 0.0995. The first-order valence-corrected chi connectivity index (χ1v) is 4.32. The summed E-state index contributed by atoms with van der Waals surface area (Å²) in [6, 6.07) is 0. The average molecular weight is 181 g/mol. The van der Waals surface area contributed by atoms with Crippen molar-refractivity contribution in [3.63, 3.8) is 0 Å². The van der Waals surface area contributed by atoms with E-state index in [0.29, 0.717) is 18.3 Å². The van der Waals surface area contributed by atoms with Crippen molar-refractivity contribution in [2.45, 2.75) is 26.3 Å². The first-order valence-electron chi connectivity index (χ1n) is 4.32. The number of carbonyl (C=O) groups excluding carboxylic acids is 1. The van der Waals surface area contributed by atoms with Crippen molar-refractivity contribution in [1.82, 2.24) is 15.5 Å². The van der Waals surface area contributed by atoms with Crippen LogP contribution in [0.3, 0.4) is 0 Å². The van der Waals surface area contributed by atoms with Crippen LogP contribution in [-0.2, 0) is 11.3 Å². The molecule has 0 spiro atoms. The molecule has 1 fully saturated rings. The number of rotatable bonds is 3. The van der Waals surface area contributed by atoms with Crippen LogP contribution < -0.4 is 5.32 Å². The van der Waals surface area contributed by atoms with E-state index in [1.165, 1.54) is 0 Å². The van der Waals surface area contributed by atoms with Crippen LogP contribution in [0.25, 0.3) is 0 Å². The SMILES string of the molecule is Cc1nc(CNC(=O)C2CC2)no1. The largest absolute Gasteiger partial charge is 0.348 e. The third-order valence-electron chi connectivity index (χ3n) is 1.94. The van der Waals surface area contributed by atoms with Gasteiger partial charge in [0.1, 0.15) is 0 Å². The standard InChI is InChI=1S/C8H11N3O2/c1-5-10-7(11-13-5)4-9-8(12)6-2-3-6/h6H,2-4H2,1H3,(H,9,12). The summed E-state index contributed by atoms with van der Waals surface area (Å²) >= 11 is 0. The fourth-order valence-corrected chi connectivity index (χ4v) is 1.07. The molecule has 5 nitrogen and oxygen atoms in total. The predicted molar refractivity (Wildman–Crippen MR) is 43.6 cm³/mol. The molecule has 13 heavy (non-hydrogen) atoms. The molecule has 1 heterocycles. The van der Waals surface area contributed by atoms with Gasteiger partial charge in [0.15, 0.2) is 5.82 Å². The van der Waals surface area contributed by atoms with Gasteiger partial charge in [-0.3, -0.25) is 4.79 Å². The van der Waals surface area contributed by atoms with E-state index in [4.69, 9.17) is 4.52 Å². The molecule has 0 unspecified atom stereocenters. The van der Waals surface area contributed by atoms with E-state index in [1.54, 1.807) is 6.92 Å². The molecule has 1 N–H and O–H groups in total. The fraction of sp³-hybridized carbons (Fsp3) is 0.625. The number of aromatic nitrogens is 2. The highest BCUT2D eigenvalue weighted by atomic mass is 16.5. The Kier molecular flexibility index (Phi) is 2.00. The molecule has 1 saturated carbocycles. The Morgan fingerprint density at radius 3 is 3.00 bits per heavy atom. The molecule has 0 aliphatic heterocycles. The summed E-state index contributed by atoms with van der Waals surface area (Å²) in [5.74, 6) is 1.39. The monoisotopic (exact) mass is 181 g/mol. The molecule has 1 aromatic rings. The van der Waals surface area contributed by atoms with Crippen molar-refractivity contribution in [3.8, 4) is 0 Å². The lowest BCUT2D eigenvalue weighted by Gasteiger charge is -1.98. The van der Waals surface area contributed by atoms with E-state index in [9.17, 15) is 4.79 Å². The van der Waals surface area contributed by atoms with Crippen LogP contribution in [0.5, 0.6) is 0 Å². The predicted octanol–water partition coefficient (Wildman–Crippen LogP) is 0.404. The highest BCUT2D eigenvalue weighted by Gasteiger charge is 2.29. The van der Waals surface area contributed by atoms with Gasteiger partial charge in [-0.1, -0.05) is 5.16 Å². The van der Waals surface area contributed by atoms with E-state index >= 15 is 0 Å². The highest BCUT2D eigenvalue weighted by Crippen LogP contribution is 2.28. The van der Waals surface area contributed by atoms with Gasteiger partial charge in [0.25, 0.3) is 0 Å². The van der Waals surface area contributed by atoms with Gasteiger partial charge in [-0.05, 0) is 12.8 Å². The number of aryl methyl sites for hydroxylation is 1. The van der Waals surface area contributed by atoms with Crippen LogP contribution in [-0.4, -0.2) is 16.0 Å². The lowest BCUT2D eigenvalue weighted by atomic mass is 10.4. The van der Waals surface area contributed by atoms with Gasteiger partial charge in [-0.15, -0.1) is 0 Å². The lowest BCUT2D eigenvalue weighted by Crippen LogP contribution is -2.24. The molecule has 0 saturated heterocycles. The zero-order valence-electron chi connectivity index (χ0n) is 7.41. The molecule has 1 amide bonds. The average Bonchev–Trinajstić information content (AvgIpc) is 2.87. The zero-order valence-corrected chi connectivity index (χ0v) is 7.41. The number of carbonyl (C=O) groups is 1. The van der Waals surface area contributed by atoms with E-state index in [2.05, 4.69) is 15.5 Å². The van der Waals surface area contributed by atoms with Crippen LogP contribution in [0.1, 0.15) is 24.6 Å². The number of hydrogen-bond donors (Lipinski definition) is 1. The van der Waals surface area contributed by atoms with Crippen LogP contribution >= 0.6 is 0 Å². The van der Waals surface area contributed by atoms with Gasteiger partial charge in [-0.25, -0.2) is 0 Å². The third kappa shape index (κ3) is 2.05. The zero-order chi connectivity index (χ0) is 9.26. The van der Waals surface area contributed by atoms with Crippen molar-refractivity contribution in [3.05, 3.63) is 11.7 Å². The second kappa shape index (κ2) is 3.16. The highest BCUT2D eigenvalue weighted by molar-refractivity contribution is 5.80. The molecule has 1 aliphatic rings. The molecule has 2 rings (SSSR count). The van der Waals surface area contributed by atoms with Crippen LogP contribution in [0, 0.1) is 12.8 Å². The van der Waals surface area contributed by atoms with Gasteiger partial charge < -0.3 is 9.84 Å². The normalized spacial score (nSPS) is 15.8. The van der Waals surface area contributed by atoms with Crippen molar-refractivity contribution >= 4 is 5.91 Å². The minimum Gasteiger partial charge on any atom is -0.348 e. The molecular formula is C8H11N3O2. The maximum Gasteiger partial charge on any atom is 0.223 e. The molecule has 1 aliphatic carbocycles. The van der Waals surface area contributed by atoms with Crippen molar-refractivity contribution < 1.29 is 9.32 Å². The maximum absolute atomic E-state index is 11.2. The van der Waals surface area contributed by atoms with Gasteiger partial charge in [0.05, 0.1) is 6.54 Å². The number of nitrogens with one attached hydrogen (secondary N) is 1. The van der Waals surface area contributed by atoms with Crippen molar-refractivity contribution in [2.24, 2.45) is 5.92 Å². The third-order valence-corrected chi connectivity index (χ3v) is 1.94. The Labute approximate surface area is 75.5 Å². The Hall–Kier alpha value is -1.39. The summed E-state index contributed by atoms with van der Waals surface area (Å²) in [6.45, 7) is 2.09. The quantitative estimate of drug-likeness (QED) is 0.733. The summed E-state index contributed by atoms with van der Waals surface area (Å²) in [4.78, 5) is 15.2. The van der Waals surface area contributed by atoms with Gasteiger partial charge >= 0.3 is 0 Å². The topological polar surface area (TPSA) is 68.0 Å². The molecule has 0 atom stereocenters. The van der Waals surface area contributed by atoms with Gasteiger partial charge in [0, 0.05) is 12.8 Å². The summed E-state index contributed by atoms with van der Waals surface area (Å²) in [5.41, 5.74) is 0. The summed E-state index contributed by atoms with van der Waals surface area (Å²) in [6.07, 6.45) is 2.02. The summed E-state index contributed by atoms with van der Waals surface area (Å²) in [5, 5.41) is 6.42. The Morgan fingerprint density at radius 2 is 2.46 bits per heavy atom. The van der Waals surface area contributed by atoms with Crippen LogP contribution in [0.4, 0.5) is 0 Å². The van der Waals surface area contributed by atoms with E-state index in [-0.39, 0.29) is 11.8 Å². The number of hydrogen-bond acceptors (Lipinski definition) is 4. The first-order chi connectivity index (χ1) is 6.25. The lowest BCUT2D eigenvalue weighted by molar-refractivity contribution is -0.122. The second-order valence-corrected chi connectivity index (χ2v) is 3.22. The van der Waals surface area contributed by atoms with Crippen molar-refractivity contribution in [1.29, 1.82) is 0 Å². The Morgan fingerprint density at radius 1 is 1.69 bits per heavy atom. The first kappa shape index (κ1) is 8.22. The molecular weight excluding hydrogens is 170 g/mol. The Balaban J connectivity index is 1.81. The van der Waals surface area contributed by atoms with Gasteiger partial charge in [-0.2, -0.15) is 4.98 Å². The summed E-state index contributed by atoms with van der Waals surface area (Å²) in [7, 11) is 0. The van der Waals surface area contributed by atoms with E-state index < -0.39 is 0 Å². The number of amides is 1. The molecule has 70 valence electrons. The van der Waals surface area contributed by atoms with E-state index in [1.807, 2.05) is 0 Å². The second-order valence-electron chi connectivity index (χ2n) is 3.22. The fourth-order valence-electron chi connectivity index (χ4n) is 1.07. The smallest absolute Gasteiger partial charge is 0.223 e. The van der Waals surface area contributed by atoms with Gasteiger partial charge in [0.2, 0.25) is 11.8 Å². The van der Waals surface area contributed by atoms with E-state index in [0.717, 1.165) is 12.8 Å². The molecule has 1 aromatic heterocycles. The molecule has 5 heteroatoms. The number of nitrogens with zero attached hydrogens (tertiary/aromatic N) is 2. The molecule has 0 bridgehead atoms. The molecule has 0 radical (unpaired) electrons. The van der Waals surface area contributed by atoms with Crippen molar-refractivity contribution in [2.75, 3.05) is 0 Å². The molecule has 0 aromatic carbocycles.